The Balaban J connectivity index is 2.88. The van der Waals surface area contributed by atoms with Crippen LogP contribution in [0.4, 0.5) is 4.39 Å². The largest absolute Gasteiger partial charge is 0.394 e. The third kappa shape index (κ3) is 5.73. The van der Waals surface area contributed by atoms with E-state index in [1.807, 2.05) is 0 Å². The Kier molecular flexibility index (Phi) is 5.88. The lowest BCUT2D eigenvalue weighted by Gasteiger charge is -2.07. The summed E-state index contributed by atoms with van der Waals surface area (Å²) in [5.74, 6) is 0. The molecule has 0 saturated carbocycles. The first kappa shape index (κ1) is 8.85. The molecule has 2 nitrogen and oxygen atoms in total. The van der Waals surface area contributed by atoms with E-state index in [-0.39, 0.29) is 19.4 Å². The molecular formula is C6H13FO2. The molecule has 0 aromatic rings. The van der Waals surface area contributed by atoms with E-state index in [9.17, 15) is 4.39 Å². The molecule has 0 amide bonds. The minimum Gasteiger partial charge on any atom is -0.394 e. The molecule has 0 aromatic heterocycles. The molecule has 0 rings (SSSR count). The smallest absolute Gasteiger partial charge is 0.0916 e. The Labute approximate surface area is 54.6 Å². The fourth-order valence-electron chi connectivity index (χ4n) is 0.392. The summed E-state index contributed by atoms with van der Waals surface area (Å²) in [7, 11) is 0. The average Bonchev–Trinajstić information content (AvgIpc) is 1.89. The molecule has 0 aromatic carbocycles. The topological polar surface area (TPSA) is 29.5 Å². The van der Waals surface area contributed by atoms with Crippen LogP contribution in [0.1, 0.15) is 13.3 Å². The molecule has 0 unspecified atom stereocenters. The van der Waals surface area contributed by atoms with Crippen LogP contribution < -0.4 is 0 Å². The van der Waals surface area contributed by atoms with E-state index in [1.165, 1.54) is 0 Å². The van der Waals surface area contributed by atoms with Crippen molar-refractivity contribution < 1.29 is 14.2 Å². The molecule has 0 bridgehead atoms. The molecule has 3 heteroatoms. The van der Waals surface area contributed by atoms with Gasteiger partial charge in [-0.25, -0.2) is 0 Å². The highest BCUT2D eigenvalue weighted by Gasteiger charge is 1.96. The molecule has 0 fully saturated rings. The van der Waals surface area contributed by atoms with Crippen LogP contribution in [-0.2, 0) is 4.74 Å². The highest BCUT2D eigenvalue weighted by atomic mass is 19.1. The molecule has 0 spiro atoms. The van der Waals surface area contributed by atoms with Gasteiger partial charge in [-0.2, -0.15) is 0 Å². The highest BCUT2D eigenvalue weighted by molar-refractivity contribution is 4.43. The molecule has 0 heterocycles. The zero-order valence-corrected chi connectivity index (χ0v) is 5.64. The van der Waals surface area contributed by atoms with Crippen molar-refractivity contribution >= 4 is 0 Å². The Morgan fingerprint density at radius 1 is 1.67 bits per heavy atom. The van der Waals surface area contributed by atoms with E-state index in [1.54, 1.807) is 6.92 Å². The number of ether oxygens (including phenoxy) is 1. The van der Waals surface area contributed by atoms with Crippen LogP contribution in [0.5, 0.6) is 0 Å². The summed E-state index contributed by atoms with van der Waals surface area (Å²) < 4.78 is 16.3. The Morgan fingerprint density at radius 3 is 2.78 bits per heavy atom. The summed E-state index contributed by atoms with van der Waals surface area (Å²) in [6.07, 6.45) is 0.265. The van der Waals surface area contributed by atoms with Crippen molar-refractivity contribution in [1.29, 1.82) is 0 Å². The molecule has 1 atom stereocenters. The third-order valence-corrected chi connectivity index (χ3v) is 0.937. The molecule has 1 N–H and O–H groups in total. The number of halogens is 1. The predicted molar refractivity (Wildman–Crippen MR) is 33.1 cm³/mol. The summed E-state index contributed by atoms with van der Waals surface area (Å²) in [6, 6.07) is 0. The van der Waals surface area contributed by atoms with Gasteiger partial charge in [0.05, 0.1) is 19.4 Å². The molecule has 0 aliphatic carbocycles. The quantitative estimate of drug-likeness (QED) is 0.565. The van der Waals surface area contributed by atoms with Crippen molar-refractivity contribution in [2.45, 2.75) is 19.4 Å². The van der Waals surface area contributed by atoms with E-state index in [2.05, 4.69) is 0 Å². The number of hydrogen-bond acceptors (Lipinski definition) is 2. The number of hydrogen-bond donors (Lipinski definition) is 1. The van der Waals surface area contributed by atoms with Crippen molar-refractivity contribution in [1.82, 2.24) is 0 Å². The van der Waals surface area contributed by atoms with Crippen LogP contribution in [-0.4, -0.2) is 31.1 Å². The predicted octanol–water partition coefficient (Wildman–Crippen LogP) is 0.743. The summed E-state index contributed by atoms with van der Waals surface area (Å²) in [6.45, 7) is 1.81. The lowest BCUT2D eigenvalue weighted by Crippen LogP contribution is -2.13. The normalized spacial score (nSPS) is 13.7. The number of aliphatic hydroxyl groups is 1. The summed E-state index contributed by atoms with van der Waals surface area (Å²) in [5, 5.41) is 8.42. The fraction of sp³-hybridized carbons (Fsp3) is 1.00. The number of rotatable bonds is 5. The lowest BCUT2D eigenvalue weighted by molar-refractivity contribution is 0.0219. The average molecular weight is 136 g/mol. The van der Waals surface area contributed by atoms with Gasteiger partial charge in [0.2, 0.25) is 0 Å². The van der Waals surface area contributed by atoms with Gasteiger partial charge in [-0.3, -0.25) is 4.39 Å². The molecule has 0 saturated heterocycles. The van der Waals surface area contributed by atoms with E-state index in [0.717, 1.165) is 0 Å². The van der Waals surface area contributed by atoms with Crippen LogP contribution in [0, 0.1) is 0 Å². The van der Waals surface area contributed by atoms with Gasteiger partial charge in [0.15, 0.2) is 0 Å². The van der Waals surface area contributed by atoms with Gasteiger partial charge in [-0.05, 0) is 13.3 Å². The zero-order valence-electron chi connectivity index (χ0n) is 5.64. The highest BCUT2D eigenvalue weighted by Crippen LogP contribution is 1.90. The van der Waals surface area contributed by atoms with Crippen molar-refractivity contribution in [3.05, 3.63) is 0 Å². The Bertz CT molecular complexity index is 59.0. The minimum absolute atomic E-state index is 0.00624. The molecule has 0 aliphatic rings. The van der Waals surface area contributed by atoms with Gasteiger partial charge in [0.1, 0.15) is 0 Å². The van der Waals surface area contributed by atoms with Crippen molar-refractivity contribution in [3.63, 3.8) is 0 Å². The second-order valence-corrected chi connectivity index (χ2v) is 1.91. The first-order valence-corrected chi connectivity index (χ1v) is 3.09. The lowest BCUT2D eigenvalue weighted by atomic mass is 10.4. The van der Waals surface area contributed by atoms with Gasteiger partial charge in [0.25, 0.3) is 0 Å². The zero-order chi connectivity index (χ0) is 7.11. The van der Waals surface area contributed by atoms with Crippen molar-refractivity contribution in [3.8, 4) is 0 Å². The molecule has 9 heavy (non-hydrogen) atoms. The SMILES string of the molecule is C[C@H](CO)OCCCF. The molecule has 0 radical (unpaired) electrons. The van der Waals surface area contributed by atoms with Crippen LogP contribution in [0.3, 0.4) is 0 Å². The summed E-state index contributed by atoms with van der Waals surface area (Å²) in [4.78, 5) is 0. The monoisotopic (exact) mass is 136 g/mol. The van der Waals surface area contributed by atoms with E-state index >= 15 is 0 Å². The van der Waals surface area contributed by atoms with Crippen molar-refractivity contribution in [2.24, 2.45) is 0 Å². The Morgan fingerprint density at radius 2 is 2.33 bits per heavy atom. The first-order chi connectivity index (χ1) is 4.31. The van der Waals surface area contributed by atoms with Crippen molar-refractivity contribution in [2.75, 3.05) is 19.9 Å². The number of alkyl halides is 1. The summed E-state index contributed by atoms with van der Waals surface area (Å²) >= 11 is 0. The standard InChI is InChI=1S/C6H13FO2/c1-6(5-8)9-4-2-3-7/h6,8H,2-5H2,1H3/t6-/m1/s1. The number of aliphatic hydroxyl groups excluding tert-OH is 1. The van der Waals surface area contributed by atoms with Crippen LogP contribution >= 0.6 is 0 Å². The van der Waals surface area contributed by atoms with Crippen LogP contribution in [0.15, 0.2) is 0 Å². The van der Waals surface area contributed by atoms with Crippen LogP contribution in [0.2, 0.25) is 0 Å². The maximum atomic E-state index is 11.4. The molecule has 0 aliphatic heterocycles. The summed E-state index contributed by atoms with van der Waals surface area (Å²) in [5.41, 5.74) is 0. The maximum absolute atomic E-state index is 11.4. The van der Waals surface area contributed by atoms with Gasteiger partial charge in [-0.15, -0.1) is 0 Å². The fourth-order valence-corrected chi connectivity index (χ4v) is 0.392. The van der Waals surface area contributed by atoms with Crippen LogP contribution in [0.25, 0.3) is 0 Å². The van der Waals surface area contributed by atoms with Gasteiger partial charge >= 0.3 is 0 Å². The van der Waals surface area contributed by atoms with E-state index < -0.39 is 0 Å². The van der Waals surface area contributed by atoms with E-state index in [0.29, 0.717) is 13.0 Å². The van der Waals surface area contributed by atoms with E-state index in [4.69, 9.17) is 9.84 Å². The second-order valence-electron chi connectivity index (χ2n) is 1.91. The van der Waals surface area contributed by atoms with Gasteiger partial charge in [0, 0.05) is 6.61 Å². The third-order valence-electron chi connectivity index (χ3n) is 0.937. The Hall–Kier alpha value is -0.150. The maximum Gasteiger partial charge on any atom is 0.0916 e. The molecular weight excluding hydrogens is 123 g/mol. The minimum atomic E-state index is -0.349. The van der Waals surface area contributed by atoms with Gasteiger partial charge < -0.3 is 9.84 Å². The second kappa shape index (κ2) is 5.98. The molecule has 56 valence electrons. The first-order valence-electron chi connectivity index (χ1n) is 3.09. The van der Waals surface area contributed by atoms with Gasteiger partial charge in [-0.1, -0.05) is 0 Å².